The fraction of sp³-hybridized carbons (Fsp3) is 0.625. The number of aryl methyl sites for hydroxylation is 1. The predicted octanol–water partition coefficient (Wildman–Crippen LogP) is 4.80. The number of hydrogen-bond acceptors (Lipinski definition) is 8. The fourth-order valence-electron chi connectivity index (χ4n) is 6.37. The Morgan fingerprint density at radius 1 is 1.26 bits per heavy atom. The summed E-state index contributed by atoms with van der Waals surface area (Å²) in [6.07, 6.45) is 5.92. The molecule has 230 valence electrons. The van der Waals surface area contributed by atoms with Crippen molar-refractivity contribution in [1.82, 2.24) is 9.88 Å². The van der Waals surface area contributed by atoms with Crippen LogP contribution >= 0.6 is 0 Å². The number of aliphatic carboxylic acids is 1. The zero-order valence-corrected chi connectivity index (χ0v) is 25.2. The number of aromatic nitrogens is 1. The van der Waals surface area contributed by atoms with Crippen LogP contribution in [0.5, 0.6) is 11.5 Å². The second-order valence-electron chi connectivity index (χ2n) is 12.1. The number of carbonyl (C=O) groups is 1. The highest BCUT2D eigenvalue weighted by Crippen LogP contribution is 2.40. The minimum absolute atomic E-state index is 0.0113. The van der Waals surface area contributed by atoms with E-state index in [1.807, 2.05) is 24.8 Å². The van der Waals surface area contributed by atoms with E-state index in [1.165, 1.54) is 12.1 Å². The summed E-state index contributed by atoms with van der Waals surface area (Å²) in [6.45, 7) is 6.93. The molecule has 0 amide bonds. The third-order valence-corrected chi connectivity index (χ3v) is 9.11. The maximum absolute atomic E-state index is 14.7. The van der Waals surface area contributed by atoms with E-state index in [4.69, 9.17) is 23.9 Å². The maximum Gasteiger partial charge on any atom is 0.325 e. The first-order chi connectivity index (χ1) is 20.2. The van der Waals surface area contributed by atoms with Crippen molar-refractivity contribution in [3.05, 3.63) is 46.4 Å². The van der Waals surface area contributed by atoms with Gasteiger partial charge in [-0.3, -0.25) is 9.69 Å². The molecule has 2 N–H and O–H groups in total. The number of methoxy groups -OCH3 is 2. The van der Waals surface area contributed by atoms with Crippen molar-refractivity contribution in [3.8, 4) is 11.5 Å². The lowest BCUT2D eigenvalue weighted by molar-refractivity contribution is -0.143. The van der Waals surface area contributed by atoms with Gasteiger partial charge in [-0.15, -0.1) is 0 Å². The van der Waals surface area contributed by atoms with Gasteiger partial charge in [-0.25, -0.2) is 9.37 Å². The Hall–Kier alpha value is -2.95. The van der Waals surface area contributed by atoms with Crippen molar-refractivity contribution in [2.24, 2.45) is 5.92 Å². The van der Waals surface area contributed by atoms with E-state index in [9.17, 15) is 14.3 Å². The van der Waals surface area contributed by atoms with Crippen LogP contribution in [0.15, 0.2) is 18.2 Å². The van der Waals surface area contributed by atoms with E-state index in [-0.39, 0.29) is 12.0 Å². The molecule has 0 bridgehead atoms. The lowest BCUT2D eigenvalue weighted by atomic mass is 9.81. The molecular weight excluding hydrogens is 541 g/mol. The second-order valence-corrected chi connectivity index (χ2v) is 12.1. The third kappa shape index (κ3) is 6.66. The second kappa shape index (κ2) is 13.1. The number of rotatable bonds is 12. The minimum atomic E-state index is -1.00. The number of fused-ring (bicyclic) bond motifs is 2. The molecule has 1 aromatic carbocycles. The van der Waals surface area contributed by atoms with Gasteiger partial charge in [0, 0.05) is 68.2 Å². The number of hydrogen-bond donors (Lipinski definition) is 2. The van der Waals surface area contributed by atoms with Crippen molar-refractivity contribution < 1.29 is 33.2 Å². The zero-order valence-electron chi connectivity index (χ0n) is 25.2. The summed E-state index contributed by atoms with van der Waals surface area (Å²) in [5.74, 6) is 0.786. The Kier molecular flexibility index (Phi) is 9.54. The molecule has 0 radical (unpaired) electrons. The molecule has 3 atom stereocenters. The van der Waals surface area contributed by atoms with E-state index in [0.29, 0.717) is 44.0 Å². The normalized spacial score (nSPS) is 21.2. The van der Waals surface area contributed by atoms with Crippen molar-refractivity contribution in [2.45, 2.75) is 76.5 Å². The summed E-state index contributed by atoms with van der Waals surface area (Å²) in [5, 5.41) is 13.7. The number of ether oxygens (including phenoxy) is 4. The van der Waals surface area contributed by atoms with Gasteiger partial charge < -0.3 is 29.4 Å². The molecule has 0 spiro atoms. The molecule has 1 saturated heterocycles. The summed E-state index contributed by atoms with van der Waals surface area (Å²) in [6, 6.07) is 3.78. The first kappa shape index (κ1) is 30.5. The molecule has 3 aliphatic heterocycles. The summed E-state index contributed by atoms with van der Waals surface area (Å²) in [4.78, 5) is 19.3. The highest BCUT2D eigenvalue weighted by Gasteiger charge is 2.40. The Bertz CT molecular complexity index is 1250. The highest BCUT2D eigenvalue weighted by molar-refractivity contribution is 5.77. The Balaban J connectivity index is 1.17. The average Bonchev–Trinajstić information content (AvgIpc) is 3.44. The predicted molar refractivity (Wildman–Crippen MR) is 157 cm³/mol. The van der Waals surface area contributed by atoms with Gasteiger partial charge in [0.15, 0.2) is 0 Å². The van der Waals surface area contributed by atoms with Gasteiger partial charge in [0.2, 0.25) is 0 Å². The number of benzene rings is 1. The van der Waals surface area contributed by atoms with Crippen molar-refractivity contribution >= 4 is 11.8 Å². The molecule has 2 aromatic rings. The molecule has 3 aliphatic rings. The van der Waals surface area contributed by atoms with Gasteiger partial charge in [-0.05, 0) is 70.4 Å². The number of nitrogens with zero attached hydrogens (tertiary/aromatic N) is 2. The Labute approximate surface area is 247 Å². The molecule has 1 fully saturated rings. The van der Waals surface area contributed by atoms with Crippen molar-refractivity contribution in [1.29, 1.82) is 0 Å². The van der Waals surface area contributed by atoms with Gasteiger partial charge in [0.05, 0.1) is 25.4 Å². The number of carboxylic acids is 1. The highest BCUT2D eigenvalue weighted by atomic mass is 19.1. The molecule has 0 saturated carbocycles. The lowest BCUT2D eigenvalue weighted by Gasteiger charge is -2.38. The molecule has 0 aliphatic carbocycles. The number of likely N-dealkylation sites (tertiary alicyclic amines) is 1. The molecular formula is C32H44FN3O6. The zero-order chi connectivity index (χ0) is 29.9. The van der Waals surface area contributed by atoms with E-state index in [2.05, 4.69) is 5.32 Å². The standard InChI is InChI=1S/C32H44FN3O6/c1-32(2,40-4)20-14-25-26(15-21(33)16-28(25)42-19-20)29(31(37)38)36-12-10-23(18-36)41-13-6-5-8-22-17-27(39-3)24-9-7-11-34-30(24)35-22/h15-17,20,23,29H,5-14,18-19H2,1-4H3,(H,34,35)(H,37,38)/t20?,23-,29+/m1/s1. The van der Waals surface area contributed by atoms with Crippen LogP contribution in [0.3, 0.4) is 0 Å². The van der Waals surface area contributed by atoms with E-state index in [0.717, 1.165) is 73.5 Å². The number of unbranched alkanes of at least 4 members (excludes halogenated alkanes) is 1. The van der Waals surface area contributed by atoms with Gasteiger partial charge in [-0.1, -0.05) is 0 Å². The van der Waals surface area contributed by atoms with E-state index >= 15 is 0 Å². The van der Waals surface area contributed by atoms with E-state index in [1.54, 1.807) is 14.2 Å². The largest absolute Gasteiger partial charge is 0.496 e. The molecule has 42 heavy (non-hydrogen) atoms. The monoisotopic (exact) mass is 585 g/mol. The number of nitrogens with one attached hydrogen (secondary N) is 1. The van der Waals surface area contributed by atoms with Crippen LogP contribution in [-0.4, -0.2) is 79.7 Å². The summed E-state index contributed by atoms with van der Waals surface area (Å²) in [7, 11) is 3.36. The smallest absolute Gasteiger partial charge is 0.325 e. The molecule has 5 rings (SSSR count). The summed E-state index contributed by atoms with van der Waals surface area (Å²) in [5.41, 5.74) is 2.91. The van der Waals surface area contributed by atoms with Gasteiger partial charge >= 0.3 is 5.97 Å². The van der Waals surface area contributed by atoms with E-state index < -0.39 is 23.4 Å². The minimum Gasteiger partial charge on any atom is -0.496 e. The van der Waals surface area contributed by atoms with Crippen molar-refractivity contribution in [2.75, 3.05) is 52.4 Å². The van der Waals surface area contributed by atoms with Crippen LogP contribution in [-0.2, 0) is 33.5 Å². The first-order valence-electron chi connectivity index (χ1n) is 15.1. The SMILES string of the molecule is COc1cc(CCCCO[C@@H]2CCN([C@H](C(=O)O)c3cc(F)cc4c3CC(C(C)(C)OC)CO4)C2)nc2c1CCCN2. The topological polar surface area (TPSA) is 102 Å². The Morgan fingerprint density at radius 2 is 2.10 bits per heavy atom. The lowest BCUT2D eigenvalue weighted by Crippen LogP contribution is -2.41. The van der Waals surface area contributed by atoms with Crippen LogP contribution in [0, 0.1) is 11.7 Å². The van der Waals surface area contributed by atoms with Gasteiger partial charge in [0.25, 0.3) is 0 Å². The van der Waals surface area contributed by atoms with Crippen LogP contribution in [0.1, 0.15) is 68.0 Å². The number of carboxylic acid groups (broad SMARTS) is 1. The van der Waals surface area contributed by atoms with Crippen LogP contribution in [0.2, 0.25) is 0 Å². The first-order valence-corrected chi connectivity index (χ1v) is 15.1. The van der Waals surface area contributed by atoms with Crippen LogP contribution in [0.4, 0.5) is 10.2 Å². The number of halogens is 1. The maximum atomic E-state index is 14.7. The molecule has 4 heterocycles. The molecule has 10 heteroatoms. The summed E-state index contributed by atoms with van der Waals surface area (Å²) >= 11 is 0. The van der Waals surface area contributed by atoms with Gasteiger partial charge in [0.1, 0.15) is 29.2 Å². The Morgan fingerprint density at radius 3 is 2.86 bits per heavy atom. The fourth-order valence-corrected chi connectivity index (χ4v) is 6.37. The van der Waals surface area contributed by atoms with Crippen LogP contribution in [0.25, 0.3) is 0 Å². The quantitative estimate of drug-likeness (QED) is 0.340. The van der Waals surface area contributed by atoms with Crippen molar-refractivity contribution in [3.63, 3.8) is 0 Å². The number of pyridine rings is 1. The summed E-state index contributed by atoms with van der Waals surface area (Å²) < 4.78 is 38.1. The third-order valence-electron chi connectivity index (χ3n) is 9.11. The molecule has 1 unspecified atom stereocenters. The van der Waals surface area contributed by atoms with Gasteiger partial charge in [-0.2, -0.15) is 0 Å². The average molecular weight is 586 g/mol. The van der Waals surface area contributed by atoms with Crippen LogP contribution < -0.4 is 14.8 Å². The molecule has 9 nitrogen and oxygen atoms in total. The molecule has 1 aromatic heterocycles. The number of anilines is 1.